The molecular formula is C16H18N2S. The van der Waals surface area contributed by atoms with Gasteiger partial charge in [-0.3, -0.25) is 0 Å². The molecule has 2 aromatic rings. The number of hydrogen-bond donors (Lipinski definition) is 1. The van der Waals surface area contributed by atoms with Gasteiger partial charge < -0.3 is 4.98 Å². The molecule has 3 rings (SSSR count). The van der Waals surface area contributed by atoms with Crippen LogP contribution in [0.4, 0.5) is 0 Å². The van der Waals surface area contributed by atoms with Crippen molar-refractivity contribution < 1.29 is 0 Å². The van der Waals surface area contributed by atoms with Crippen molar-refractivity contribution in [2.24, 2.45) is 0 Å². The van der Waals surface area contributed by atoms with E-state index >= 15 is 0 Å². The lowest BCUT2D eigenvalue weighted by atomic mass is 9.77. The zero-order valence-electron chi connectivity index (χ0n) is 11.1. The minimum atomic E-state index is 0.719. The van der Waals surface area contributed by atoms with Gasteiger partial charge in [-0.15, -0.1) is 0 Å². The van der Waals surface area contributed by atoms with Gasteiger partial charge in [0.05, 0.1) is 12.0 Å². The van der Waals surface area contributed by atoms with Crippen molar-refractivity contribution in [3.63, 3.8) is 0 Å². The molecule has 0 amide bonds. The van der Waals surface area contributed by atoms with Crippen molar-refractivity contribution in [1.82, 2.24) is 9.97 Å². The molecule has 1 aromatic heterocycles. The van der Waals surface area contributed by atoms with Crippen LogP contribution in [0.2, 0.25) is 0 Å². The van der Waals surface area contributed by atoms with Crippen LogP contribution in [0.15, 0.2) is 30.6 Å². The van der Waals surface area contributed by atoms with E-state index in [4.69, 9.17) is 12.2 Å². The molecule has 1 saturated carbocycles. The molecule has 0 spiro atoms. The van der Waals surface area contributed by atoms with Crippen molar-refractivity contribution in [3.8, 4) is 11.3 Å². The van der Waals surface area contributed by atoms with Crippen molar-refractivity contribution in [3.05, 3.63) is 46.4 Å². The number of aromatic nitrogens is 2. The van der Waals surface area contributed by atoms with Crippen LogP contribution < -0.4 is 0 Å². The third kappa shape index (κ3) is 2.23. The molecule has 1 aliphatic rings. The average Bonchev–Trinajstić information content (AvgIpc) is 2.37. The van der Waals surface area contributed by atoms with E-state index in [1.165, 1.54) is 30.4 Å². The molecule has 0 aliphatic heterocycles. The molecule has 3 heteroatoms. The highest BCUT2D eigenvalue weighted by atomic mass is 32.1. The van der Waals surface area contributed by atoms with E-state index in [0.717, 1.165) is 28.2 Å². The Balaban J connectivity index is 2.17. The van der Waals surface area contributed by atoms with E-state index in [1.807, 2.05) is 0 Å². The number of hydrogen-bond acceptors (Lipinski definition) is 2. The first-order chi connectivity index (χ1) is 9.31. The average molecular weight is 270 g/mol. The first kappa shape index (κ1) is 12.5. The quantitative estimate of drug-likeness (QED) is 0.823. The number of benzene rings is 1. The summed E-state index contributed by atoms with van der Waals surface area (Å²) in [7, 11) is 0. The lowest BCUT2D eigenvalue weighted by Gasteiger charge is -2.28. The summed E-state index contributed by atoms with van der Waals surface area (Å²) >= 11 is 5.36. The number of H-pyrrole nitrogens is 1. The molecule has 1 aromatic carbocycles. The molecule has 1 aliphatic carbocycles. The van der Waals surface area contributed by atoms with Gasteiger partial charge in [-0.05, 0) is 30.7 Å². The number of aromatic amines is 1. The van der Waals surface area contributed by atoms with Crippen LogP contribution in [0.1, 0.15) is 43.2 Å². The van der Waals surface area contributed by atoms with E-state index in [0.29, 0.717) is 0 Å². The zero-order chi connectivity index (χ0) is 13.2. The second-order valence-corrected chi connectivity index (χ2v) is 5.52. The number of rotatable bonds is 3. The van der Waals surface area contributed by atoms with E-state index in [9.17, 15) is 0 Å². The van der Waals surface area contributed by atoms with Gasteiger partial charge in [-0.1, -0.05) is 49.8 Å². The summed E-state index contributed by atoms with van der Waals surface area (Å²) in [6.07, 6.45) is 6.60. The van der Waals surface area contributed by atoms with Crippen LogP contribution >= 0.6 is 12.2 Å². The summed E-state index contributed by atoms with van der Waals surface area (Å²) in [5, 5.41) is 0. The smallest absolute Gasteiger partial charge is 0.133 e. The topological polar surface area (TPSA) is 28.7 Å². The third-order valence-corrected chi connectivity index (χ3v) is 4.43. The highest BCUT2D eigenvalue weighted by Crippen LogP contribution is 2.41. The molecular weight excluding hydrogens is 252 g/mol. The maximum Gasteiger partial charge on any atom is 0.133 e. The Hall–Kier alpha value is -1.48. The Morgan fingerprint density at radius 2 is 2.11 bits per heavy atom. The Bertz CT molecular complexity index is 641. The molecule has 0 unspecified atom stereocenters. The Labute approximate surface area is 118 Å². The Morgan fingerprint density at radius 3 is 2.79 bits per heavy atom. The molecule has 19 heavy (non-hydrogen) atoms. The third-order valence-electron chi connectivity index (χ3n) is 4.08. The molecule has 1 heterocycles. The monoisotopic (exact) mass is 270 g/mol. The van der Waals surface area contributed by atoms with E-state index < -0.39 is 0 Å². The van der Waals surface area contributed by atoms with Crippen molar-refractivity contribution >= 4 is 12.2 Å². The predicted octanol–water partition coefficient (Wildman–Crippen LogP) is 4.64. The molecule has 1 fully saturated rings. The highest BCUT2D eigenvalue weighted by Gasteiger charge is 2.23. The summed E-state index contributed by atoms with van der Waals surface area (Å²) in [5.41, 5.74) is 5.08. The predicted molar refractivity (Wildman–Crippen MR) is 80.8 cm³/mol. The summed E-state index contributed by atoms with van der Waals surface area (Å²) in [6.45, 7) is 2.14. The van der Waals surface area contributed by atoms with E-state index in [-0.39, 0.29) is 0 Å². The normalized spacial score (nSPS) is 15.2. The molecule has 1 N–H and O–H groups in total. The van der Waals surface area contributed by atoms with Crippen LogP contribution in [-0.4, -0.2) is 9.97 Å². The molecule has 98 valence electrons. The second-order valence-electron chi connectivity index (χ2n) is 5.13. The minimum Gasteiger partial charge on any atom is -0.346 e. The summed E-state index contributed by atoms with van der Waals surface area (Å²) in [6, 6.07) is 8.70. The SMILES string of the molecule is CCc1c(-c2ccccc2C2CCC2)[nH]cnc1=S. The zero-order valence-corrected chi connectivity index (χ0v) is 12.0. The fourth-order valence-corrected chi connectivity index (χ4v) is 3.09. The van der Waals surface area contributed by atoms with Gasteiger partial charge >= 0.3 is 0 Å². The van der Waals surface area contributed by atoms with Gasteiger partial charge in [0.1, 0.15) is 4.64 Å². The maximum atomic E-state index is 5.36. The van der Waals surface area contributed by atoms with Crippen LogP contribution in [0.25, 0.3) is 11.3 Å². The van der Waals surface area contributed by atoms with Crippen LogP contribution in [-0.2, 0) is 6.42 Å². The van der Waals surface area contributed by atoms with Crippen LogP contribution in [0, 0.1) is 4.64 Å². The molecule has 0 bridgehead atoms. The lowest BCUT2D eigenvalue weighted by Crippen LogP contribution is -2.10. The first-order valence-electron chi connectivity index (χ1n) is 6.97. The first-order valence-corrected chi connectivity index (χ1v) is 7.38. The molecule has 0 saturated heterocycles. The summed E-state index contributed by atoms with van der Waals surface area (Å²) in [5.74, 6) is 0.719. The minimum absolute atomic E-state index is 0.719. The van der Waals surface area contributed by atoms with Gasteiger partial charge in [-0.25, -0.2) is 4.98 Å². The van der Waals surface area contributed by atoms with Gasteiger partial charge in [-0.2, -0.15) is 0 Å². The fraction of sp³-hybridized carbons (Fsp3) is 0.375. The van der Waals surface area contributed by atoms with Crippen molar-refractivity contribution in [2.75, 3.05) is 0 Å². The van der Waals surface area contributed by atoms with Crippen LogP contribution in [0.3, 0.4) is 0 Å². The molecule has 0 radical (unpaired) electrons. The second kappa shape index (κ2) is 5.25. The van der Waals surface area contributed by atoms with Gasteiger partial charge in [0.2, 0.25) is 0 Å². The fourth-order valence-electron chi connectivity index (χ4n) is 2.80. The summed E-state index contributed by atoms with van der Waals surface area (Å²) < 4.78 is 0.722. The number of nitrogens with zero attached hydrogens (tertiary/aromatic N) is 1. The van der Waals surface area contributed by atoms with Gasteiger partial charge in [0, 0.05) is 11.1 Å². The van der Waals surface area contributed by atoms with Crippen molar-refractivity contribution in [1.29, 1.82) is 0 Å². The van der Waals surface area contributed by atoms with Gasteiger partial charge in [0.15, 0.2) is 0 Å². The largest absolute Gasteiger partial charge is 0.346 e. The van der Waals surface area contributed by atoms with Gasteiger partial charge in [0.25, 0.3) is 0 Å². The maximum absolute atomic E-state index is 5.36. The van der Waals surface area contributed by atoms with Crippen LogP contribution in [0.5, 0.6) is 0 Å². The van der Waals surface area contributed by atoms with E-state index in [1.54, 1.807) is 6.33 Å². The standard InChI is InChI=1S/C16H18N2S/c1-2-12-15(17-10-18-16(12)19)14-9-4-3-8-13(14)11-6-5-7-11/h3-4,8-11H,2,5-7H2,1H3,(H,17,18,19). The van der Waals surface area contributed by atoms with E-state index in [2.05, 4.69) is 41.2 Å². The number of nitrogens with one attached hydrogen (secondary N) is 1. The Morgan fingerprint density at radius 1 is 1.32 bits per heavy atom. The highest BCUT2D eigenvalue weighted by molar-refractivity contribution is 7.71. The molecule has 0 atom stereocenters. The Kier molecular flexibility index (Phi) is 3.47. The summed E-state index contributed by atoms with van der Waals surface area (Å²) in [4.78, 5) is 7.51. The van der Waals surface area contributed by atoms with Crippen molar-refractivity contribution in [2.45, 2.75) is 38.5 Å². The molecule has 2 nitrogen and oxygen atoms in total. The lowest BCUT2D eigenvalue weighted by molar-refractivity contribution is 0.420.